The lowest BCUT2D eigenvalue weighted by molar-refractivity contribution is 0.112. The van der Waals surface area contributed by atoms with Crippen molar-refractivity contribution in [2.45, 2.75) is 12.3 Å². The van der Waals surface area contributed by atoms with Gasteiger partial charge in [-0.1, -0.05) is 140 Å². The van der Waals surface area contributed by atoms with E-state index >= 15 is 0 Å². The summed E-state index contributed by atoms with van der Waals surface area (Å²) in [4.78, 5) is 12.1. The lowest BCUT2D eigenvalue weighted by atomic mass is 10.1. The van der Waals surface area contributed by atoms with Crippen molar-refractivity contribution in [1.29, 1.82) is 0 Å². The summed E-state index contributed by atoms with van der Waals surface area (Å²) in [5.74, 6) is 0. The van der Waals surface area contributed by atoms with Gasteiger partial charge in [-0.05, 0) is 11.1 Å². The van der Waals surface area contributed by atoms with E-state index in [9.17, 15) is 13.9 Å². The number of carbonyl (C=O) groups is 1. The van der Waals surface area contributed by atoms with Crippen molar-refractivity contribution >= 4 is 41.8 Å². The van der Waals surface area contributed by atoms with E-state index in [1.165, 1.54) is 0 Å². The minimum absolute atomic E-state index is 0.198. The first-order valence-corrected chi connectivity index (χ1v) is 16.3. The van der Waals surface area contributed by atoms with Crippen LogP contribution in [0.1, 0.15) is 21.5 Å². The Bertz CT molecular complexity index is 1530. The molecule has 38 heavy (non-hydrogen) atoms. The van der Waals surface area contributed by atoms with Crippen molar-refractivity contribution in [2.75, 3.05) is 0 Å². The zero-order chi connectivity index (χ0) is 26.4. The SMILES string of the molecule is O=Cc1ccc(CP(=O)(c2ccccc2)c2ccccc2)cc1CP(=O)(c1ccccc1)c1ccccc1. The first kappa shape index (κ1) is 25.9. The molecule has 0 saturated heterocycles. The van der Waals surface area contributed by atoms with E-state index in [1.54, 1.807) is 6.07 Å². The van der Waals surface area contributed by atoms with Crippen LogP contribution in [0.15, 0.2) is 140 Å². The molecule has 0 radical (unpaired) electrons. The van der Waals surface area contributed by atoms with Gasteiger partial charge in [-0.2, -0.15) is 0 Å². The van der Waals surface area contributed by atoms with Gasteiger partial charge in [-0.3, -0.25) is 4.79 Å². The van der Waals surface area contributed by atoms with Crippen molar-refractivity contribution in [3.8, 4) is 0 Å². The minimum Gasteiger partial charge on any atom is -0.313 e. The Morgan fingerprint density at radius 1 is 0.474 bits per heavy atom. The average Bonchev–Trinajstić information content (AvgIpc) is 2.99. The maximum Gasteiger partial charge on any atom is 0.150 e. The number of rotatable bonds is 9. The van der Waals surface area contributed by atoms with Crippen LogP contribution in [0.5, 0.6) is 0 Å². The topological polar surface area (TPSA) is 51.2 Å². The molecule has 5 aromatic rings. The molecule has 0 aromatic heterocycles. The molecular formula is C33H28O3P2. The average molecular weight is 535 g/mol. The Balaban J connectivity index is 1.59. The monoisotopic (exact) mass is 534 g/mol. The van der Waals surface area contributed by atoms with Gasteiger partial charge in [0.2, 0.25) is 0 Å². The predicted octanol–water partition coefficient (Wildman–Crippen LogP) is 6.53. The second-order valence-corrected chi connectivity index (χ2v) is 14.9. The third-order valence-corrected chi connectivity index (χ3v) is 13.0. The molecule has 0 aliphatic carbocycles. The van der Waals surface area contributed by atoms with Gasteiger partial charge < -0.3 is 9.13 Å². The van der Waals surface area contributed by atoms with E-state index in [-0.39, 0.29) is 6.16 Å². The second-order valence-electron chi connectivity index (χ2n) is 9.29. The molecule has 5 aromatic carbocycles. The first-order valence-electron chi connectivity index (χ1n) is 12.5. The third-order valence-electron chi connectivity index (χ3n) is 6.83. The van der Waals surface area contributed by atoms with Gasteiger partial charge in [0.1, 0.15) is 20.6 Å². The summed E-state index contributed by atoms with van der Waals surface area (Å²) < 4.78 is 29.4. The Morgan fingerprint density at radius 3 is 1.21 bits per heavy atom. The summed E-state index contributed by atoms with van der Waals surface area (Å²) in [6.07, 6.45) is 1.31. The van der Waals surface area contributed by atoms with E-state index in [4.69, 9.17) is 0 Å². The van der Waals surface area contributed by atoms with Crippen LogP contribution in [-0.2, 0) is 21.5 Å². The highest BCUT2D eigenvalue weighted by molar-refractivity contribution is 7.78. The summed E-state index contributed by atoms with van der Waals surface area (Å²) in [5, 5.41) is 3.05. The molecule has 5 heteroatoms. The van der Waals surface area contributed by atoms with E-state index in [2.05, 4.69) is 0 Å². The van der Waals surface area contributed by atoms with E-state index < -0.39 is 14.3 Å². The summed E-state index contributed by atoms with van der Waals surface area (Å²) in [6, 6.07) is 43.5. The minimum atomic E-state index is -3.10. The number of aldehydes is 1. The van der Waals surface area contributed by atoms with Crippen LogP contribution in [0.3, 0.4) is 0 Å². The van der Waals surface area contributed by atoms with Crippen molar-refractivity contribution in [1.82, 2.24) is 0 Å². The van der Waals surface area contributed by atoms with Gasteiger partial charge in [0.25, 0.3) is 0 Å². The molecule has 0 spiro atoms. The summed E-state index contributed by atoms with van der Waals surface area (Å²) in [5.41, 5.74) is 2.03. The molecule has 0 N–H and O–H groups in total. The molecule has 0 fully saturated rings. The molecule has 0 saturated carbocycles. The molecule has 5 rings (SSSR count). The maximum absolute atomic E-state index is 14.7. The van der Waals surface area contributed by atoms with Gasteiger partial charge in [-0.25, -0.2) is 0 Å². The molecule has 0 aliphatic rings. The van der Waals surface area contributed by atoms with Gasteiger partial charge in [-0.15, -0.1) is 0 Å². The maximum atomic E-state index is 14.7. The van der Waals surface area contributed by atoms with Gasteiger partial charge in [0.05, 0.1) is 0 Å². The normalized spacial score (nSPS) is 11.7. The molecule has 188 valence electrons. The first-order chi connectivity index (χ1) is 18.5. The van der Waals surface area contributed by atoms with Crippen LogP contribution in [0.4, 0.5) is 0 Å². The molecule has 0 amide bonds. The molecule has 0 aliphatic heterocycles. The number of carbonyl (C=O) groups excluding carboxylic acids is 1. The Kier molecular flexibility index (Phi) is 7.70. The Labute approximate surface area is 223 Å². The molecule has 0 atom stereocenters. The third kappa shape index (κ3) is 5.27. The fourth-order valence-electron chi connectivity index (χ4n) is 4.84. The lowest BCUT2D eigenvalue weighted by Crippen LogP contribution is -2.19. The van der Waals surface area contributed by atoms with Crippen LogP contribution in [0, 0.1) is 0 Å². The highest BCUT2D eigenvalue weighted by Gasteiger charge is 2.30. The standard InChI is InChI=1S/C33H28O3P2/c34-24-28-22-21-27(25-37(35,30-13-5-1-6-14-30)31-15-7-2-8-16-31)23-29(28)26-38(36,32-17-9-3-10-18-32)33-19-11-4-12-20-33/h1-24H,25-26H2. The number of hydrogen-bond donors (Lipinski definition) is 0. The van der Waals surface area contributed by atoms with Crippen LogP contribution in [-0.4, -0.2) is 6.29 Å². The van der Waals surface area contributed by atoms with Gasteiger partial charge >= 0.3 is 0 Å². The number of hydrogen-bond acceptors (Lipinski definition) is 3. The van der Waals surface area contributed by atoms with Crippen LogP contribution < -0.4 is 21.2 Å². The molecule has 0 heterocycles. The van der Waals surface area contributed by atoms with Crippen molar-refractivity contribution in [2.24, 2.45) is 0 Å². The molecular weight excluding hydrogens is 506 g/mol. The molecule has 3 nitrogen and oxygen atoms in total. The van der Waals surface area contributed by atoms with Gasteiger partial charge in [0.15, 0.2) is 0 Å². The quantitative estimate of drug-likeness (QED) is 0.160. The Morgan fingerprint density at radius 2 is 0.842 bits per heavy atom. The fraction of sp³-hybridized carbons (Fsp3) is 0.0606. The van der Waals surface area contributed by atoms with Crippen LogP contribution >= 0.6 is 14.3 Å². The largest absolute Gasteiger partial charge is 0.313 e. The van der Waals surface area contributed by atoms with Crippen molar-refractivity contribution in [3.63, 3.8) is 0 Å². The van der Waals surface area contributed by atoms with Crippen molar-refractivity contribution in [3.05, 3.63) is 156 Å². The summed E-state index contributed by atoms with van der Waals surface area (Å²) in [6.45, 7) is 0. The predicted molar refractivity (Wildman–Crippen MR) is 159 cm³/mol. The highest BCUT2D eigenvalue weighted by atomic mass is 31.2. The summed E-state index contributed by atoms with van der Waals surface area (Å²) in [7, 11) is -6.12. The lowest BCUT2D eigenvalue weighted by Gasteiger charge is -2.22. The van der Waals surface area contributed by atoms with E-state index in [0.29, 0.717) is 17.3 Å². The molecule has 0 bridgehead atoms. The zero-order valence-corrected chi connectivity index (χ0v) is 22.7. The van der Waals surface area contributed by atoms with Crippen LogP contribution in [0.2, 0.25) is 0 Å². The molecule has 0 unspecified atom stereocenters. The summed E-state index contributed by atoms with van der Waals surface area (Å²) >= 11 is 0. The zero-order valence-electron chi connectivity index (χ0n) is 20.9. The van der Waals surface area contributed by atoms with Crippen LogP contribution in [0.25, 0.3) is 0 Å². The van der Waals surface area contributed by atoms with Gasteiger partial charge in [0, 0.05) is 39.1 Å². The van der Waals surface area contributed by atoms with Crippen molar-refractivity contribution < 1.29 is 13.9 Å². The Hall–Kier alpha value is -3.77. The van der Waals surface area contributed by atoms with E-state index in [0.717, 1.165) is 33.1 Å². The second kappa shape index (κ2) is 11.3. The fourth-order valence-corrected chi connectivity index (χ4v) is 10.3. The van der Waals surface area contributed by atoms with E-state index in [1.807, 2.05) is 133 Å². The number of benzene rings is 5. The smallest absolute Gasteiger partial charge is 0.150 e. The highest BCUT2D eigenvalue weighted by Crippen LogP contribution is 2.49.